The predicted octanol–water partition coefficient (Wildman–Crippen LogP) is 6.68. The van der Waals surface area contributed by atoms with E-state index in [4.69, 9.17) is 4.42 Å². The zero-order valence-electron chi connectivity index (χ0n) is 19.2. The van der Waals surface area contributed by atoms with Gasteiger partial charge in [-0.15, -0.1) is 24.8 Å². The van der Waals surface area contributed by atoms with Crippen molar-refractivity contribution in [1.82, 2.24) is 9.80 Å². The topological polar surface area (TPSA) is 19.6 Å². The van der Waals surface area contributed by atoms with Gasteiger partial charge < -0.3 is 4.42 Å². The largest absolute Gasteiger partial charge is 0.464 e. The summed E-state index contributed by atoms with van der Waals surface area (Å²) < 4.78 is 6.18. The summed E-state index contributed by atoms with van der Waals surface area (Å²) in [4.78, 5) is 5.17. The Hall–Kier alpha value is -1.78. The molecule has 4 rings (SSSR count). The number of furan rings is 1. The van der Waals surface area contributed by atoms with Crippen LogP contribution in [0, 0.1) is 6.92 Å². The molecule has 2 heterocycles. The molecule has 0 radical (unpaired) electrons. The van der Waals surface area contributed by atoms with E-state index in [0.717, 1.165) is 50.7 Å². The second-order valence-electron chi connectivity index (χ2n) is 8.46. The van der Waals surface area contributed by atoms with Crippen LogP contribution in [0.15, 0.2) is 71.1 Å². The fraction of sp³-hybridized carbons (Fsp3) is 0.407. The van der Waals surface area contributed by atoms with Crippen molar-refractivity contribution in [1.29, 1.82) is 0 Å². The molecule has 1 saturated heterocycles. The minimum Gasteiger partial charge on any atom is -0.464 e. The highest BCUT2D eigenvalue weighted by Crippen LogP contribution is 2.30. The maximum Gasteiger partial charge on any atom is 0.121 e. The first-order valence-electron chi connectivity index (χ1n) is 11.4. The Morgan fingerprint density at radius 1 is 0.844 bits per heavy atom. The van der Waals surface area contributed by atoms with Gasteiger partial charge in [-0.2, -0.15) is 0 Å². The Kier molecular flexibility index (Phi) is 10.8. The third-order valence-electron chi connectivity index (χ3n) is 6.22. The smallest absolute Gasteiger partial charge is 0.121 e. The third-order valence-corrected chi connectivity index (χ3v) is 6.22. The highest BCUT2D eigenvalue weighted by Gasteiger charge is 2.27. The number of unbranched alkanes of at least 4 members (excludes halogenated alkanes) is 1. The van der Waals surface area contributed by atoms with Crippen molar-refractivity contribution in [2.75, 3.05) is 26.2 Å². The van der Waals surface area contributed by atoms with Gasteiger partial charge >= 0.3 is 0 Å². The average Bonchev–Trinajstić information content (AvgIpc) is 3.14. The van der Waals surface area contributed by atoms with Crippen LogP contribution in [0.25, 0.3) is 0 Å². The molecule has 0 spiro atoms. The standard InChI is InChI=1S/C27H34N2O.2ClH/c1-3-4-15-25-20-22(2)26(30-25)21-28-16-18-29(19-17-28)27(23-11-7-5-8-12-23)24-13-9-6-10-14-24;;/h5-14,20,27H,3-4,15-19,21H2,1-2H3;2*1H. The minimum atomic E-state index is 0. The summed E-state index contributed by atoms with van der Waals surface area (Å²) in [6, 6.07) is 24.4. The van der Waals surface area contributed by atoms with Gasteiger partial charge in [0.1, 0.15) is 11.5 Å². The van der Waals surface area contributed by atoms with Crippen LogP contribution in [0.4, 0.5) is 0 Å². The van der Waals surface area contributed by atoms with Crippen LogP contribution in [-0.2, 0) is 13.0 Å². The van der Waals surface area contributed by atoms with E-state index >= 15 is 0 Å². The van der Waals surface area contributed by atoms with E-state index in [1.165, 1.54) is 29.5 Å². The maximum absolute atomic E-state index is 6.18. The summed E-state index contributed by atoms with van der Waals surface area (Å²) in [6.45, 7) is 9.61. The fourth-order valence-corrected chi connectivity index (χ4v) is 4.49. The molecule has 0 bridgehead atoms. The predicted molar refractivity (Wildman–Crippen MR) is 138 cm³/mol. The molecular weight excluding hydrogens is 439 g/mol. The number of hydrogen-bond donors (Lipinski definition) is 0. The Morgan fingerprint density at radius 3 is 1.94 bits per heavy atom. The molecule has 5 heteroatoms. The highest BCUT2D eigenvalue weighted by atomic mass is 35.5. The summed E-state index contributed by atoms with van der Waals surface area (Å²) in [5.41, 5.74) is 4.05. The highest BCUT2D eigenvalue weighted by molar-refractivity contribution is 5.85. The summed E-state index contributed by atoms with van der Waals surface area (Å²) >= 11 is 0. The van der Waals surface area contributed by atoms with Gasteiger partial charge in [-0.25, -0.2) is 0 Å². The van der Waals surface area contributed by atoms with E-state index in [-0.39, 0.29) is 24.8 Å². The minimum absolute atomic E-state index is 0. The molecule has 0 atom stereocenters. The van der Waals surface area contributed by atoms with Crippen LogP contribution in [0.3, 0.4) is 0 Å². The average molecular weight is 476 g/mol. The Labute approximate surface area is 205 Å². The first-order chi connectivity index (χ1) is 14.7. The molecule has 2 aromatic carbocycles. The van der Waals surface area contributed by atoms with Crippen molar-refractivity contribution >= 4 is 24.8 Å². The second kappa shape index (κ2) is 13.1. The van der Waals surface area contributed by atoms with Crippen LogP contribution in [-0.4, -0.2) is 36.0 Å². The van der Waals surface area contributed by atoms with Gasteiger partial charge in [0.25, 0.3) is 0 Å². The van der Waals surface area contributed by atoms with E-state index in [2.05, 4.69) is 90.4 Å². The van der Waals surface area contributed by atoms with E-state index in [9.17, 15) is 0 Å². The molecule has 0 saturated carbocycles. The Morgan fingerprint density at radius 2 is 1.41 bits per heavy atom. The molecule has 0 aliphatic carbocycles. The number of benzene rings is 2. The van der Waals surface area contributed by atoms with E-state index in [1.54, 1.807) is 0 Å². The lowest BCUT2D eigenvalue weighted by molar-refractivity contribution is 0.0992. The Balaban J connectivity index is 0.00000181. The lowest BCUT2D eigenvalue weighted by Gasteiger charge is -2.39. The van der Waals surface area contributed by atoms with Gasteiger partial charge in [0.15, 0.2) is 0 Å². The molecule has 0 N–H and O–H groups in total. The van der Waals surface area contributed by atoms with Crippen molar-refractivity contribution < 1.29 is 4.42 Å². The first-order valence-corrected chi connectivity index (χ1v) is 11.4. The van der Waals surface area contributed by atoms with Crippen molar-refractivity contribution in [3.05, 3.63) is 94.9 Å². The Bertz CT molecular complexity index is 866. The van der Waals surface area contributed by atoms with Crippen LogP contribution in [0.1, 0.15) is 54.0 Å². The second-order valence-corrected chi connectivity index (χ2v) is 8.46. The van der Waals surface area contributed by atoms with Crippen molar-refractivity contribution in [2.45, 2.75) is 45.7 Å². The molecule has 1 aromatic heterocycles. The third kappa shape index (κ3) is 6.62. The van der Waals surface area contributed by atoms with Gasteiger partial charge in [-0.05, 0) is 36.1 Å². The molecule has 1 fully saturated rings. The molecular formula is C27H36Cl2N2O. The summed E-state index contributed by atoms with van der Waals surface area (Å²) in [7, 11) is 0. The lowest BCUT2D eigenvalue weighted by atomic mass is 9.96. The van der Waals surface area contributed by atoms with Crippen LogP contribution < -0.4 is 0 Å². The monoisotopic (exact) mass is 474 g/mol. The van der Waals surface area contributed by atoms with Gasteiger partial charge in [0, 0.05) is 32.6 Å². The van der Waals surface area contributed by atoms with Crippen molar-refractivity contribution in [3.63, 3.8) is 0 Å². The van der Waals surface area contributed by atoms with E-state index < -0.39 is 0 Å². The zero-order valence-corrected chi connectivity index (χ0v) is 20.8. The quantitative estimate of drug-likeness (QED) is 0.362. The number of hydrogen-bond acceptors (Lipinski definition) is 3. The van der Waals surface area contributed by atoms with Crippen LogP contribution in [0.2, 0.25) is 0 Å². The SMILES string of the molecule is CCCCc1cc(C)c(CN2CCN(C(c3ccccc3)c3ccccc3)CC2)o1.Cl.Cl. The molecule has 3 nitrogen and oxygen atoms in total. The molecule has 174 valence electrons. The maximum atomic E-state index is 6.18. The summed E-state index contributed by atoms with van der Waals surface area (Å²) in [5, 5.41) is 0. The molecule has 32 heavy (non-hydrogen) atoms. The fourth-order valence-electron chi connectivity index (χ4n) is 4.49. The summed E-state index contributed by atoms with van der Waals surface area (Å²) in [5.74, 6) is 2.30. The molecule has 1 aliphatic rings. The van der Waals surface area contributed by atoms with E-state index in [1.807, 2.05) is 0 Å². The van der Waals surface area contributed by atoms with Crippen LogP contribution >= 0.6 is 24.8 Å². The summed E-state index contributed by atoms with van der Waals surface area (Å²) in [6.07, 6.45) is 3.47. The van der Waals surface area contributed by atoms with Crippen LogP contribution in [0.5, 0.6) is 0 Å². The number of aryl methyl sites for hydroxylation is 2. The van der Waals surface area contributed by atoms with Gasteiger partial charge in [0.2, 0.25) is 0 Å². The van der Waals surface area contributed by atoms with Gasteiger partial charge in [-0.3, -0.25) is 9.80 Å². The number of halogens is 2. The zero-order chi connectivity index (χ0) is 20.8. The van der Waals surface area contributed by atoms with Crippen molar-refractivity contribution in [2.24, 2.45) is 0 Å². The molecule has 0 unspecified atom stereocenters. The first kappa shape index (κ1) is 26.5. The lowest BCUT2D eigenvalue weighted by Crippen LogP contribution is -2.47. The van der Waals surface area contributed by atoms with E-state index in [0.29, 0.717) is 6.04 Å². The van der Waals surface area contributed by atoms with Gasteiger partial charge in [0.05, 0.1) is 12.6 Å². The number of rotatable bonds is 8. The number of piperazine rings is 1. The van der Waals surface area contributed by atoms with Gasteiger partial charge in [-0.1, -0.05) is 74.0 Å². The molecule has 1 aliphatic heterocycles. The normalized spacial score (nSPS) is 14.7. The molecule has 0 amide bonds. The number of nitrogens with zero attached hydrogens (tertiary/aromatic N) is 2. The van der Waals surface area contributed by atoms with Crippen molar-refractivity contribution in [3.8, 4) is 0 Å². The molecule has 3 aromatic rings.